The number of aryl methyl sites for hydroxylation is 1. The van der Waals surface area contributed by atoms with Gasteiger partial charge in [0.25, 0.3) is 0 Å². The van der Waals surface area contributed by atoms with Crippen molar-refractivity contribution in [3.63, 3.8) is 0 Å². The minimum Gasteiger partial charge on any atom is -0.368 e. The van der Waals surface area contributed by atoms with Crippen LogP contribution in [0.1, 0.15) is 5.56 Å². The van der Waals surface area contributed by atoms with E-state index < -0.39 is 0 Å². The van der Waals surface area contributed by atoms with E-state index >= 15 is 0 Å². The van der Waals surface area contributed by atoms with Crippen LogP contribution in [-0.2, 0) is 0 Å². The van der Waals surface area contributed by atoms with Crippen molar-refractivity contribution in [1.29, 1.82) is 0 Å². The molecule has 1 aromatic heterocycles. The molecule has 0 amide bonds. The highest BCUT2D eigenvalue weighted by Crippen LogP contribution is 2.22. The maximum absolute atomic E-state index is 4.38. The molecule has 18 heavy (non-hydrogen) atoms. The second kappa shape index (κ2) is 4.98. The van der Waals surface area contributed by atoms with E-state index in [2.05, 4.69) is 46.0 Å². The van der Waals surface area contributed by atoms with Gasteiger partial charge < -0.3 is 9.80 Å². The largest absolute Gasteiger partial charge is 0.368 e. The lowest BCUT2D eigenvalue weighted by Gasteiger charge is -2.36. The molecule has 0 aliphatic carbocycles. The molecule has 1 aliphatic rings. The van der Waals surface area contributed by atoms with Crippen molar-refractivity contribution in [3.8, 4) is 0 Å². The lowest BCUT2D eigenvalue weighted by Crippen LogP contribution is -2.46. The van der Waals surface area contributed by atoms with E-state index in [4.69, 9.17) is 0 Å². The number of nitrogens with zero attached hydrogens (tertiary/aromatic N) is 3. The van der Waals surface area contributed by atoms with Gasteiger partial charge >= 0.3 is 0 Å². The fourth-order valence-electron chi connectivity index (χ4n) is 2.28. The molecule has 2 aromatic rings. The number of hydrogen-bond donors (Lipinski definition) is 0. The quantitative estimate of drug-likeness (QED) is 0.826. The molecule has 1 fully saturated rings. The maximum atomic E-state index is 4.38. The third-order valence-corrected chi connectivity index (χ3v) is 4.20. The van der Waals surface area contributed by atoms with Gasteiger partial charge in [0.15, 0.2) is 5.13 Å². The number of thiazole rings is 1. The second-order valence-corrected chi connectivity index (χ2v) is 5.50. The molecule has 0 atom stereocenters. The number of rotatable bonds is 2. The summed E-state index contributed by atoms with van der Waals surface area (Å²) >= 11 is 1.72. The Morgan fingerprint density at radius 1 is 1.00 bits per heavy atom. The summed E-state index contributed by atoms with van der Waals surface area (Å²) in [6.45, 7) is 6.39. The van der Waals surface area contributed by atoms with E-state index in [9.17, 15) is 0 Å². The SMILES string of the molecule is Cc1ccc(N2CCN(c3nccs3)CC2)cc1. The van der Waals surface area contributed by atoms with Gasteiger partial charge in [-0.1, -0.05) is 17.7 Å². The Labute approximate surface area is 112 Å². The highest BCUT2D eigenvalue weighted by atomic mass is 32.1. The molecule has 0 spiro atoms. The minimum atomic E-state index is 1.06. The molecule has 1 aromatic carbocycles. The lowest BCUT2D eigenvalue weighted by molar-refractivity contribution is 0.652. The van der Waals surface area contributed by atoms with Crippen molar-refractivity contribution in [3.05, 3.63) is 41.4 Å². The maximum Gasteiger partial charge on any atom is 0.185 e. The van der Waals surface area contributed by atoms with Crippen LogP contribution in [0.25, 0.3) is 0 Å². The van der Waals surface area contributed by atoms with Crippen molar-refractivity contribution in [2.24, 2.45) is 0 Å². The third-order valence-electron chi connectivity index (χ3n) is 3.37. The molecule has 3 nitrogen and oxygen atoms in total. The Hall–Kier alpha value is -1.55. The predicted molar refractivity (Wildman–Crippen MR) is 77.7 cm³/mol. The topological polar surface area (TPSA) is 19.4 Å². The summed E-state index contributed by atoms with van der Waals surface area (Å²) in [4.78, 5) is 9.19. The molecule has 0 radical (unpaired) electrons. The Balaban J connectivity index is 1.65. The van der Waals surface area contributed by atoms with Gasteiger partial charge in [-0.2, -0.15) is 0 Å². The summed E-state index contributed by atoms with van der Waals surface area (Å²) in [6, 6.07) is 8.80. The molecule has 0 saturated carbocycles. The van der Waals surface area contributed by atoms with Crippen LogP contribution in [0.3, 0.4) is 0 Å². The van der Waals surface area contributed by atoms with Crippen LogP contribution in [-0.4, -0.2) is 31.2 Å². The zero-order valence-electron chi connectivity index (χ0n) is 10.5. The van der Waals surface area contributed by atoms with E-state index in [1.807, 2.05) is 11.6 Å². The second-order valence-electron chi connectivity index (χ2n) is 4.62. The summed E-state index contributed by atoms with van der Waals surface area (Å²) in [5.74, 6) is 0. The van der Waals surface area contributed by atoms with Gasteiger partial charge in [-0.25, -0.2) is 4.98 Å². The van der Waals surface area contributed by atoms with Crippen molar-refractivity contribution in [2.45, 2.75) is 6.92 Å². The molecular formula is C14H17N3S. The average Bonchev–Trinajstić information content (AvgIpc) is 2.94. The first-order valence-corrected chi connectivity index (χ1v) is 7.17. The van der Waals surface area contributed by atoms with Gasteiger partial charge in [-0.3, -0.25) is 0 Å². The zero-order chi connectivity index (χ0) is 12.4. The number of hydrogen-bond acceptors (Lipinski definition) is 4. The van der Waals surface area contributed by atoms with E-state index in [1.165, 1.54) is 11.3 Å². The van der Waals surface area contributed by atoms with Gasteiger partial charge in [0.1, 0.15) is 0 Å². The monoisotopic (exact) mass is 259 g/mol. The fourth-order valence-corrected chi connectivity index (χ4v) is 2.98. The van der Waals surface area contributed by atoms with E-state index in [0.717, 1.165) is 31.3 Å². The van der Waals surface area contributed by atoms with Crippen molar-refractivity contribution in [2.75, 3.05) is 36.0 Å². The number of aromatic nitrogens is 1. The first kappa shape index (κ1) is 11.5. The van der Waals surface area contributed by atoms with Crippen molar-refractivity contribution in [1.82, 2.24) is 4.98 Å². The first-order valence-electron chi connectivity index (χ1n) is 6.29. The summed E-state index contributed by atoms with van der Waals surface area (Å²) in [5, 5.41) is 3.19. The summed E-state index contributed by atoms with van der Waals surface area (Å²) in [5.41, 5.74) is 2.65. The van der Waals surface area contributed by atoms with Crippen LogP contribution in [0.4, 0.5) is 10.8 Å². The molecule has 94 valence electrons. The van der Waals surface area contributed by atoms with Gasteiger partial charge in [0, 0.05) is 43.4 Å². The van der Waals surface area contributed by atoms with Gasteiger partial charge in [0.05, 0.1) is 0 Å². The predicted octanol–water partition coefficient (Wildman–Crippen LogP) is 2.78. The van der Waals surface area contributed by atoms with Crippen LogP contribution in [0.5, 0.6) is 0 Å². The molecule has 1 saturated heterocycles. The minimum absolute atomic E-state index is 1.06. The van der Waals surface area contributed by atoms with Crippen LogP contribution in [0, 0.1) is 6.92 Å². The third kappa shape index (κ3) is 2.34. The van der Waals surface area contributed by atoms with E-state index in [-0.39, 0.29) is 0 Å². The standard InChI is InChI=1S/C14H17N3S/c1-12-2-4-13(5-3-12)16-7-9-17(10-8-16)14-15-6-11-18-14/h2-6,11H,7-10H2,1H3. The normalized spacial score (nSPS) is 16.1. The smallest absolute Gasteiger partial charge is 0.185 e. The molecular weight excluding hydrogens is 242 g/mol. The Morgan fingerprint density at radius 2 is 1.67 bits per heavy atom. The molecule has 2 heterocycles. The molecule has 0 unspecified atom stereocenters. The highest BCUT2D eigenvalue weighted by molar-refractivity contribution is 7.13. The van der Waals surface area contributed by atoms with Crippen molar-refractivity contribution >= 4 is 22.2 Å². The van der Waals surface area contributed by atoms with Gasteiger partial charge in [-0.05, 0) is 19.1 Å². The summed E-state index contributed by atoms with van der Waals surface area (Å²) in [6.07, 6.45) is 1.88. The summed E-state index contributed by atoms with van der Waals surface area (Å²) in [7, 11) is 0. The molecule has 4 heteroatoms. The first-order chi connectivity index (χ1) is 8.83. The Morgan fingerprint density at radius 3 is 2.28 bits per heavy atom. The fraction of sp³-hybridized carbons (Fsp3) is 0.357. The Bertz CT molecular complexity index is 484. The molecule has 0 bridgehead atoms. The van der Waals surface area contributed by atoms with Crippen LogP contribution in [0.15, 0.2) is 35.8 Å². The zero-order valence-corrected chi connectivity index (χ0v) is 11.4. The Kier molecular flexibility index (Phi) is 3.19. The highest BCUT2D eigenvalue weighted by Gasteiger charge is 2.18. The van der Waals surface area contributed by atoms with Crippen molar-refractivity contribution < 1.29 is 0 Å². The van der Waals surface area contributed by atoms with Gasteiger partial charge in [-0.15, -0.1) is 11.3 Å². The van der Waals surface area contributed by atoms with Gasteiger partial charge in [0.2, 0.25) is 0 Å². The van der Waals surface area contributed by atoms with E-state index in [1.54, 1.807) is 11.3 Å². The number of anilines is 2. The van der Waals surface area contributed by atoms with Crippen LogP contribution in [0.2, 0.25) is 0 Å². The molecule has 1 aliphatic heterocycles. The number of benzene rings is 1. The number of piperazine rings is 1. The van der Waals surface area contributed by atoms with E-state index in [0.29, 0.717) is 0 Å². The molecule has 0 N–H and O–H groups in total. The average molecular weight is 259 g/mol. The lowest BCUT2D eigenvalue weighted by atomic mass is 10.2. The summed E-state index contributed by atoms with van der Waals surface area (Å²) < 4.78 is 0. The van der Waals surface area contributed by atoms with Crippen LogP contribution >= 0.6 is 11.3 Å². The van der Waals surface area contributed by atoms with Crippen LogP contribution < -0.4 is 9.80 Å². The molecule has 3 rings (SSSR count).